The second-order valence-electron chi connectivity index (χ2n) is 7.01. The molecule has 0 radical (unpaired) electrons. The smallest absolute Gasteiger partial charge is 0.227 e. The Balaban J connectivity index is 1.76. The van der Waals surface area contributed by atoms with Crippen molar-refractivity contribution in [1.82, 2.24) is 14.7 Å². The quantitative estimate of drug-likeness (QED) is 0.660. The molecule has 1 aliphatic heterocycles. The summed E-state index contributed by atoms with van der Waals surface area (Å²) >= 11 is 0. The molecule has 1 amide bonds. The fourth-order valence-electron chi connectivity index (χ4n) is 3.52. The first kappa shape index (κ1) is 20.9. The van der Waals surface area contributed by atoms with Crippen LogP contribution in [0.5, 0.6) is 11.5 Å². The molecule has 1 aliphatic rings. The summed E-state index contributed by atoms with van der Waals surface area (Å²) in [5, 5.41) is 4.21. The maximum atomic E-state index is 13.1. The van der Waals surface area contributed by atoms with E-state index in [4.69, 9.17) is 14.2 Å². The zero-order valence-electron chi connectivity index (χ0n) is 17.1. The summed E-state index contributed by atoms with van der Waals surface area (Å²) in [4.78, 5) is 27.0. The Kier molecular flexibility index (Phi) is 6.87. The van der Waals surface area contributed by atoms with Crippen LogP contribution in [0.1, 0.15) is 29.3 Å². The minimum Gasteiger partial charge on any atom is -0.493 e. The molecule has 1 atom stereocenters. The second-order valence-corrected chi connectivity index (χ2v) is 7.01. The molecule has 2 aromatic rings. The van der Waals surface area contributed by atoms with Gasteiger partial charge in [0.05, 0.1) is 33.3 Å². The summed E-state index contributed by atoms with van der Waals surface area (Å²) in [5.74, 6) is 0.799. The maximum Gasteiger partial charge on any atom is 0.227 e. The largest absolute Gasteiger partial charge is 0.493 e. The lowest BCUT2D eigenvalue weighted by Crippen LogP contribution is -2.39. The zero-order valence-corrected chi connectivity index (χ0v) is 17.1. The molecule has 2 heterocycles. The monoisotopic (exact) mass is 401 g/mol. The van der Waals surface area contributed by atoms with E-state index >= 15 is 0 Å². The highest BCUT2D eigenvalue weighted by atomic mass is 16.5. The van der Waals surface area contributed by atoms with E-state index in [9.17, 15) is 9.59 Å². The zero-order chi connectivity index (χ0) is 20.8. The van der Waals surface area contributed by atoms with Crippen molar-refractivity contribution in [3.8, 4) is 11.5 Å². The van der Waals surface area contributed by atoms with Crippen LogP contribution in [-0.2, 0) is 22.5 Å². The fraction of sp³-hybridized carbons (Fsp3) is 0.476. The van der Waals surface area contributed by atoms with Crippen LogP contribution in [-0.4, -0.2) is 66.4 Å². The predicted octanol–water partition coefficient (Wildman–Crippen LogP) is 1.96. The van der Waals surface area contributed by atoms with Gasteiger partial charge in [-0.2, -0.15) is 5.10 Å². The van der Waals surface area contributed by atoms with Crippen molar-refractivity contribution in [3.63, 3.8) is 0 Å². The van der Waals surface area contributed by atoms with Gasteiger partial charge in [-0.25, -0.2) is 0 Å². The SMILES string of the molecule is COc1cc(CC(=O)N2CCCOC(Cn3cccn3)C2)c(C(C)=O)cc1OC. The van der Waals surface area contributed by atoms with E-state index in [0.29, 0.717) is 48.9 Å². The number of ketones is 1. The lowest BCUT2D eigenvalue weighted by molar-refractivity contribution is -0.131. The van der Waals surface area contributed by atoms with Crippen molar-refractivity contribution in [2.75, 3.05) is 33.9 Å². The highest BCUT2D eigenvalue weighted by Crippen LogP contribution is 2.31. The number of amides is 1. The Morgan fingerprint density at radius 2 is 2.00 bits per heavy atom. The molecule has 0 N–H and O–H groups in total. The number of hydrogen-bond donors (Lipinski definition) is 0. The number of aromatic nitrogens is 2. The topological polar surface area (TPSA) is 82.9 Å². The van der Waals surface area contributed by atoms with E-state index in [1.54, 1.807) is 23.0 Å². The van der Waals surface area contributed by atoms with Gasteiger partial charge < -0.3 is 19.1 Å². The third kappa shape index (κ3) is 5.14. The van der Waals surface area contributed by atoms with E-state index in [0.717, 1.165) is 6.42 Å². The van der Waals surface area contributed by atoms with Crippen LogP contribution in [0, 0.1) is 0 Å². The van der Waals surface area contributed by atoms with Crippen molar-refractivity contribution in [3.05, 3.63) is 41.7 Å². The van der Waals surface area contributed by atoms with Crippen LogP contribution < -0.4 is 9.47 Å². The van der Waals surface area contributed by atoms with Gasteiger partial charge in [0, 0.05) is 37.7 Å². The van der Waals surface area contributed by atoms with Gasteiger partial charge in [0.2, 0.25) is 5.91 Å². The molecule has 8 nitrogen and oxygen atoms in total. The Morgan fingerprint density at radius 1 is 1.24 bits per heavy atom. The van der Waals surface area contributed by atoms with Crippen LogP contribution >= 0.6 is 0 Å². The summed E-state index contributed by atoms with van der Waals surface area (Å²) in [6.07, 6.45) is 4.36. The minimum atomic E-state index is -0.126. The number of rotatable bonds is 7. The Bertz CT molecular complexity index is 850. The molecule has 0 aliphatic carbocycles. The molecule has 1 fully saturated rings. The molecule has 0 bridgehead atoms. The minimum absolute atomic E-state index is 0.0457. The highest BCUT2D eigenvalue weighted by molar-refractivity contribution is 5.97. The molecule has 1 aromatic carbocycles. The van der Waals surface area contributed by atoms with Crippen molar-refractivity contribution in [2.45, 2.75) is 32.4 Å². The summed E-state index contributed by atoms with van der Waals surface area (Å²) in [6.45, 7) is 3.78. The van der Waals surface area contributed by atoms with Crippen LogP contribution in [0.3, 0.4) is 0 Å². The molecule has 0 spiro atoms. The van der Waals surface area contributed by atoms with Gasteiger partial charge in [0.25, 0.3) is 0 Å². The van der Waals surface area contributed by atoms with Gasteiger partial charge >= 0.3 is 0 Å². The van der Waals surface area contributed by atoms with Crippen LogP contribution in [0.25, 0.3) is 0 Å². The number of methoxy groups -OCH3 is 2. The molecule has 1 aromatic heterocycles. The summed E-state index contributed by atoms with van der Waals surface area (Å²) < 4.78 is 18.3. The van der Waals surface area contributed by atoms with Crippen molar-refractivity contribution < 1.29 is 23.8 Å². The summed E-state index contributed by atoms with van der Waals surface area (Å²) in [7, 11) is 3.05. The maximum absolute atomic E-state index is 13.1. The van der Waals surface area contributed by atoms with E-state index in [2.05, 4.69) is 5.10 Å². The second kappa shape index (κ2) is 9.56. The van der Waals surface area contributed by atoms with Crippen molar-refractivity contribution >= 4 is 11.7 Å². The number of ether oxygens (including phenoxy) is 3. The van der Waals surface area contributed by atoms with Crippen LogP contribution in [0.4, 0.5) is 0 Å². The molecule has 3 rings (SSSR count). The fourth-order valence-corrected chi connectivity index (χ4v) is 3.52. The van der Waals surface area contributed by atoms with Gasteiger partial charge in [-0.1, -0.05) is 0 Å². The first-order chi connectivity index (χ1) is 14.0. The molecule has 1 saturated heterocycles. The Hall–Kier alpha value is -2.87. The third-order valence-electron chi connectivity index (χ3n) is 4.98. The predicted molar refractivity (Wildman–Crippen MR) is 106 cm³/mol. The molecule has 0 saturated carbocycles. The number of hydrogen-bond acceptors (Lipinski definition) is 6. The van der Waals surface area contributed by atoms with Crippen molar-refractivity contribution in [2.24, 2.45) is 0 Å². The van der Waals surface area contributed by atoms with Gasteiger partial charge in [-0.3, -0.25) is 14.3 Å². The Labute approximate surface area is 170 Å². The van der Waals surface area contributed by atoms with Gasteiger partial charge in [0.15, 0.2) is 17.3 Å². The van der Waals surface area contributed by atoms with Gasteiger partial charge in [-0.05, 0) is 37.1 Å². The van der Waals surface area contributed by atoms with E-state index in [1.165, 1.54) is 21.1 Å². The number of carbonyl (C=O) groups excluding carboxylic acids is 2. The van der Waals surface area contributed by atoms with Crippen LogP contribution in [0.2, 0.25) is 0 Å². The Morgan fingerprint density at radius 3 is 2.66 bits per heavy atom. The first-order valence-corrected chi connectivity index (χ1v) is 9.64. The van der Waals surface area contributed by atoms with Crippen LogP contribution in [0.15, 0.2) is 30.6 Å². The van der Waals surface area contributed by atoms with E-state index in [1.807, 2.05) is 17.2 Å². The molecule has 8 heteroatoms. The van der Waals surface area contributed by atoms with Gasteiger partial charge in [-0.15, -0.1) is 0 Å². The summed E-state index contributed by atoms with van der Waals surface area (Å²) in [6, 6.07) is 5.21. The molecule has 156 valence electrons. The molecular weight excluding hydrogens is 374 g/mol. The number of carbonyl (C=O) groups is 2. The first-order valence-electron chi connectivity index (χ1n) is 9.64. The lowest BCUT2D eigenvalue weighted by Gasteiger charge is -2.24. The normalized spacial score (nSPS) is 16.9. The average molecular weight is 401 g/mol. The summed E-state index contributed by atoms with van der Waals surface area (Å²) in [5.41, 5.74) is 1.10. The number of nitrogens with zero attached hydrogens (tertiary/aromatic N) is 3. The third-order valence-corrected chi connectivity index (χ3v) is 4.98. The molecule has 1 unspecified atom stereocenters. The lowest BCUT2D eigenvalue weighted by atomic mass is 9.99. The molecular formula is C21H27N3O5. The number of Topliss-reactive ketones (excluding diaryl/α,β-unsaturated/α-hetero) is 1. The highest BCUT2D eigenvalue weighted by Gasteiger charge is 2.25. The van der Waals surface area contributed by atoms with E-state index < -0.39 is 0 Å². The standard InChI is InChI=1S/C21H27N3O5/c1-15(25)18-12-20(28-3)19(27-2)10-16(18)11-21(26)23-7-5-9-29-17(13-23)14-24-8-4-6-22-24/h4,6,8,10,12,17H,5,7,9,11,13-14H2,1-3H3. The van der Waals surface area contributed by atoms with Gasteiger partial charge in [0.1, 0.15) is 0 Å². The average Bonchev–Trinajstić information content (AvgIpc) is 3.10. The number of benzene rings is 1. The van der Waals surface area contributed by atoms with E-state index in [-0.39, 0.29) is 24.2 Å². The van der Waals surface area contributed by atoms with Crippen molar-refractivity contribution in [1.29, 1.82) is 0 Å². The molecule has 29 heavy (non-hydrogen) atoms.